The van der Waals surface area contributed by atoms with E-state index in [0.29, 0.717) is 24.6 Å². The van der Waals surface area contributed by atoms with Gasteiger partial charge in [-0.2, -0.15) is 0 Å². The molecule has 1 aromatic rings. The first-order chi connectivity index (χ1) is 9.40. The number of aryl methyl sites for hydroxylation is 1. The number of benzene rings is 1. The molecule has 0 saturated carbocycles. The summed E-state index contributed by atoms with van der Waals surface area (Å²) in [6.07, 6.45) is 1.44. The normalized spacial score (nSPS) is 16.7. The summed E-state index contributed by atoms with van der Waals surface area (Å²) in [5.41, 5.74) is 8.63. The third kappa shape index (κ3) is 2.74. The van der Waals surface area contributed by atoms with Crippen LogP contribution in [-0.2, 0) is 4.79 Å². The van der Waals surface area contributed by atoms with Crippen molar-refractivity contribution in [2.24, 2.45) is 11.7 Å². The fourth-order valence-electron chi connectivity index (χ4n) is 2.68. The van der Waals surface area contributed by atoms with Gasteiger partial charge in [0.1, 0.15) is 0 Å². The summed E-state index contributed by atoms with van der Waals surface area (Å²) < 4.78 is 0. The van der Waals surface area contributed by atoms with E-state index in [0.717, 1.165) is 16.7 Å². The molecular weight excluding hydrogens is 252 g/mol. The van der Waals surface area contributed by atoms with Crippen LogP contribution in [-0.4, -0.2) is 29.8 Å². The van der Waals surface area contributed by atoms with Crippen LogP contribution in [0.1, 0.15) is 35.3 Å². The van der Waals surface area contributed by atoms with Gasteiger partial charge in [-0.25, -0.2) is 0 Å². The van der Waals surface area contributed by atoms with E-state index in [1.807, 2.05) is 25.1 Å². The van der Waals surface area contributed by atoms with Gasteiger partial charge in [-0.3, -0.25) is 9.59 Å². The molecule has 1 heterocycles. The third-order valence-electron chi connectivity index (χ3n) is 3.37. The standard InChI is InChI=1S/C16H20N2O2/c1-10(2)8-18-9-12(7-14(17)19)15-11(3)5-4-6-13(15)16(18)20/h4-7,10H,8-9H2,1-3H3,(H2,17,19)/b12-7+. The monoisotopic (exact) mass is 272 g/mol. The minimum Gasteiger partial charge on any atom is -0.366 e. The van der Waals surface area contributed by atoms with Crippen LogP contribution < -0.4 is 5.73 Å². The van der Waals surface area contributed by atoms with E-state index in [9.17, 15) is 9.59 Å². The van der Waals surface area contributed by atoms with Crippen LogP contribution in [0.3, 0.4) is 0 Å². The number of carbonyl (C=O) groups is 2. The van der Waals surface area contributed by atoms with E-state index in [4.69, 9.17) is 5.73 Å². The van der Waals surface area contributed by atoms with Crippen LogP contribution in [0.4, 0.5) is 0 Å². The van der Waals surface area contributed by atoms with Crippen molar-refractivity contribution in [1.29, 1.82) is 0 Å². The van der Waals surface area contributed by atoms with Gasteiger partial charge in [-0.05, 0) is 35.6 Å². The quantitative estimate of drug-likeness (QED) is 0.855. The van der Waals surface area contributed by atoms with Crippen molar-refractivity contribution in [1.82, 2.24) is 4.90 Å². The lowest BCUT2D eigenvalue weighted by Gasteiger charge is -2.32. The van der Waals surface area contributed by atoms with Gasteiger partial charge in [-0.15, -0.1) is 0 Å². The average molecular weight is 272 g/mol. The zero-order valence-corrected chi connectivity index (χ0v) is 12.1. The first-order valence-corrected chi connectivity index (χ1v) is 6.79. The van der Waals surface area contributed by atoms with Crippen molar-refractivity contribution in [2.75, 3.05) is 13.1 Å². The Morgan fingerprint density at radius 2 is 2.15 bits per heavy atom. The Bertz CT molecular complexity index is 588. The first-order valence-electron chi connectivity index (χ1n) is 6.79. The Morgan fingerprint density at radius 3 is 2.75 bits per heavy atom. The lowest BCUT2D eigenvalue weighted by Crippen LogP contribution is -2.39. The summed E-state index contributed by atoms with van der Waals surface area (Å²) in [6.45, 7) is 7.19. The Balaban J connectivity index is 2.53. The molecule has 0 atom stereocenters. The van der Waals surface area contributed by atoms with Crippen molar-refractivity contribution in [2.45, 2.75) is 20.8 Å². The van der Waals surface area contributed by atoms with Crippen molar-refractivity contribution >= 4 is 17.4 Å². The predicted octanol–water partition coefficient (Wildman–Crippen LogP) is 1.98. The highest BCUT2D eigenvalue weighted by molar-refractivity contribution is 6.06. The van der Waals surface area contributed by atoms with E-state index in [-0.39, 0.29) is 5.91 Å². The number of nitrogens with zero attached hydrogens (tertiary/aromatic N) is 1. The van der Waals surface area contributed by atoms with Gasteiger partial charge in [-0.1, -0.05) is 26.0 Å². The maximum absolute atomic E-state index is 12.5. The summed E-state index contributed by atoms with van der Waals surface area (Å²) >= 11 is 0. The number of hydrogen-bond acceptors (Lipinski definition) is 2. The minimum atomic E-state index is -0.479. The zero-order valence-electron chi connectivity index (χ0n) is 12.1. The topological polar surface area (TPSA) is 63.4 Å². The van der Waals surface area contributed by atoms with E-state index < -0.39 is 5.91 Å². The number of rotatable bonds is 3. The van der Waals surface area contributed by atoms with Gasteiger partial charge in [0.25, 0.3) is 5.91 Å². The molecule has 106 valence electrons. The van der Waals surface area contributed by atoms with Gasteiger partial charge in [0.15, 0.2) is 0 Å². The second-order valence-electron chi connectivity index (χ2n) is 5.65. The van der Waals surface area contributed by atoms with Gasteiger partial charge in [0.05, 0.1) is 0 Å². The second kappa shape index (κ2) is 5.49. The summed E-state index contributed by atoms with van der Waals surface area (Å²) in [4.78, 5) is 25.5. The summed E-state index contributed by atoms with van der Waals surface area (Å²) in [7, 11) is 0. The molecule has 20 heavy (non-hydrogen) atoms. The van der Waals surface area contributed by atoms with E-state index in [2.05, 4.69) is 13.8 Å². The lowest BCUT2D eigenvalue weighted by atomic mass is 9.89. The van der Waals surface area contributed by atoms with Crippen LogP contribution in [0.5, 0.6) is 0 Å². The van der Waals surface area contributed by atoms with Crippen LogP contribution in [0.15, 0.2) is 24.3 Å². The van der Waals surface area contributed by atoms with Crippen molar-refractivity contribution in [3.63, 3.8) is 0 Å². The van der Waals surface area contributed by atoms with Crippen molar-refractivity contribution in [3.8, 4) is 0 Å². The van der Waals surface area contributed by atoms with Crippen LogP contribution in [0, 0.1) is 12.8 Å². The molecule has 4 heteroatoms. The SMILES string of the molecule is Cc1cccc2c1/C(=C/C(N)=O)CN(CC(C)C)C2=O. The molecule has 1 aliphatic rings. The molecule has 0 unspecified atom stereocenters. The number of amides is 2. The lowest BCUT2D eigenvalue weighted by molar-refractivity contribution is -0.113. The molecule has 0 saturated heterocycles. The van der Waals surface area contributed by atoms with E-state index in [1.54, 1.807) is 4.90 Å². The zero-order chi connectivity index (χ0) is 14.9. The molecule has 1 aromatic carbocycles. The second-order valence-corrected chi connectivity index (χ2v) is 5.65. The van der Waals surface area contributed by atoms with Gasteiger partial charge in [0.2, 0.25) is 5.91 Å². The first kappa shape index (κ1) is 14.3. The van der Waals surface area contributed by atoms with Crippen LogP contribution >= 0.6 is 0 Å². The molecular formula is C16H20N2O2. The number of primary amides is 1. The summed E-state index contributed by atoms with van der Waals surface area (Å²) in [5, 5.41) is 0. The molecule has 2 amide bonds. The largest absolute Gasteiger partial charge is 0.366 e. The highest BCUT2D eigenvalue weighted by Crippen LogP contribution is 2.30. The molecule has 0 fully saturated rings. The van der Waals surface area contributed by atoms with E-state index >= 15 is 0 Å². The van der Waals surface area contributed by atoms with E-state index in [1.165, 1.54) is 6.08 Å². The molecule has 0 aromatic heterocycles. The maximum Gasteiger partial charge on any atom is 0.254 e. The molecule has 2 rings (SSSR count). The van der Waals surface area contributed by atoms with Gasteiger partial charge < -0.3 is 10.6 Å². The number of hydrogen-bond donors (Lipinski definition) is 1. The maximum atomic E-state index is 12.5. The van der Waals surface area contributed by atoms with Gasteiger partial charge >= 0.3 is 0 Å². The van der Waals surface area contributed by atoms with Gasteiger partial charge in [0, 0.05) is 24.7 Å². The van der Waals surface area contributed by atoms with Crippen molar-refractivity contribution < 1.29 is 9.59 Å². The molecule has 0 spiro atoms. The van der Waals surface area contributed by atoms with Crippen LogP contribution in [0.25, 0.3) is 5.57 Å². The highest BCUT2D eigenvalue weighted by atomic mass is 16.2. The Kier molecular flexibility index (Phi) is 3.93. The molecule has 0 aliphatic carbocycles. The fourth-order valence-corrected chi connectivity index (χ4v) is 2.68. The average Bonchev–Trinajstić information content (AvgIpc) is 2.33. The Hall–Kier alpha value is -2.10. The molecule has 1 aliphatic heterocycles. The fraction of sp³-hybridized carbons (Fsp3) is 0.375. The molecule has 4 nitrogen and oxygen atoms in total. The summed E-state index contributed by atoms with van der Waals surface area (Å²) in [6, 6.07) is 5.62. The highest BCUT2D eigenvalue weighted by Gasteiger charge is 2.28. The number of carbonyl (C=O) groups excluding carboxylic acids is 2. The molecule has 0 bridgehead atoms. The molecule has 0 radical (unpaired) electrons. The van der Waals surface area contributed by atoms with Crippen molar-refractivity contribution in [3.05, 3.63) is 41.0 Å². The minimum absolute atomic E-state index is 0.0269. The number of nitrogens with two attached hydrogens (primary N) is 1. The van der Waals surface area contributed by atoms with Crippen LogP contribution in [0.2, 0.25) is 0 Å². The number of fused-ring (bicyclic) bond motifs is 1. The predicted molar refractivity (Wildman–Crippen MR) is 79.1 cm³/mol. The molecule has 2 N–H and O–H groups in total. The Morgan fingerprint density at radius 1 is 1.45 bits per heavy atom. The summed E-state index contributed by atoms with van der Waals surface area (Å²) in [5.74, 6) is -0.0767. The third-order valence-corrected chi connectivity index (χ3v) is 3.37. The Labute approximate surface area is 119 Å². The smallest absolute Gasteiger partial charge is 0.254 e.